The monoisotopic (exact) mass is 312 g/mol. The predicted molar refractivity (Wildman–Crippen MR) is 66.9 cm³/mol. The minimum absolute atomic E-state index is 0.266. The van der Waals surface area contributed by atoms with Crippen LogP contribution in [0.25, 0.3) is 0 Å². The number of nitrogens with zero attached hydrogens (tertiary/aromatic N) is 3. The Bertz CT molecular complexity index is 546. The second kappa shape index (κ2) is 5.20. The summed E-state index contributed by atoms with van der Waals surface area (Å²) in [6.07, 6.45) is 1.53. The maximum Gasteiger partial charge on any atom is 0.276 e. The molecule has 0 radical (unpaired) electrons. The molecule has 0 aliphatic carbocycles. The van der Waals surface area contributed by atoms with Gasteiger partial charge in [0.25, 0.3) is 5.91 Å². The van der Waals surface area contributed by atoms with E-state index < -0.39 is 0 Å². The van der Waals surface area contributed by atoms with Crippen molar-refractivity contribution in [1.82, 2.24) is 15.2 Å². The minimum atomic E-state index is -0.367. The van der Waals surface area contributed by atoms with Gasteiger partial charge in [0.2, 0.25) is 0 Å². The summed E-state index contributed by atoms with van der Waals surface area (Å²) in [7, 11) is 0. The van der Waals surface area contributed by atoms with E-state index in [1.54, 1.807) is 18.2 Å². The highest BCUT2D eigenvalue weighted by molar-refractivity contribution is 9.10. The molecule has 0 atom stereocenters. The molecule has 0 saturated carbocycles. The van der Waals surface area contributed by atoms with Crippen LogP contribution < -0.4 is 5.32 Å². The molecule has 2 heterocycles. The third-order valence-corrected chi connectivity index (χ3v) is 2.69. The molecule has 0 spiro atoms. The molecule has 1 N–H and O–H groups in total. The van der Waals surface area contributed by atoms with Crippen LogP contribution in [0.2, 0.25) is 5.15 Å². The van der Waals surface area contributed by atoms with E-state index in [0.717, 1.165) is 0 Å². The van der Waals surface area contributed by atoms with Gasteiger partial charge in [-0.2, -0.15) is 0 Å². The highest BCUT2D eigenvalue weighted by atomic mass is 79.9. The Labute approximate surface area is 110 Å². The molecule has 0 aromatic carbocycles. The lowest BCUT2D eigenvalue weighted by Crippen LogP contribution is -2.15. The van der Waals surface area contributed by atoms with Crippen LogP contribution >= 0.6 is 27.5 Å². The molecule has 0 unspecified atom stereocenters. The fraction of sp³-hybridized carbons (Fsp3) is 0. The molecular weight excluding hydrogens is 307 g/mol. The highest BCUT2D eigenvalue weighted by Gasteiger charge is 2.11. The van der Waals surface area contributed by atoms with Crippen LogP contribution in [-0.4, -0.2) is 21.1 Å². The summed E-state index contributed by atoms with van der Waals surface area (Å²) in [5.41, 5.74) is 0.282. The largest absolute Gasteiger partial charge is 0.304 e. The lowest BCUT2D eigenvalue weighted by Gasteiger charge is -2.04. The molecule has 0 aliphatic heterocycles. The molecule has 17 heavy (non-hydrogen) atoms. The minimum Gasteiger partial charge on any atom is -0.304 e. The Kier molecular flexibility index (Phi) is 3.65. The maximum absolute atomic E-state index is 11.8. The summed E-state index contributed by atoms with van der Waals surface area (Å²) >= 11 is 8.83. The standard InChI is InChI=1S/C10H6BrClN4O/c11-6-2-1-5-13-9(6)10(17)14-8-4-3-7(12)15-16-8/h1-5H,(H,14,16,17). The van der Waals surface area contributed by atoms with E-state index in [-0.39, 0.29) is 16.8 Å². The van der Waals surface area contributed by atoms with E-state index in [1.165, 1.54) is 12.3 Å². The first-order chi connectivity index (χ1) is 8.16. The number of aromatic nitrogens is 3. The molecular formula is C10H6BrClN4O. The normalized spacial score (nSPS) is 10.0. The van der Waals surface area contributed by atoms with Gasteiger partial charge in [0.05, 0.1) is 0 Å². The highest BCUT2D eigenvalue weighted by Crippen LogP contribution is 2.15. The number of anilines is 1. The van der Waals surface area contributed by atoms with Crippen LogP contribution in [0.15, 0.2) is 34.9 Å². The summed E-state index contributed by atoms with van der Waals surface area (Å²) in [5, 5.41) is 10.2. The van der Waals surface area contributed by atoms with E-state index >= 15 is 0 Å². The van der Waals surface area contributed by atoms with Crippen LogP contribution in [0.4, 0.5) is 5.82 Å². The van der Waals surface area contributed by atoms with Gasteiger partial charge in [-0.25, -0.2) is 4.98 Å². The average molecular weight is 314 g/mol. The molecule has 86 valence electrons. The number of pyridine rings is 1. The lowest BCUT2D eigenvalue weighted by molar-refractivity contribution is 0.102. The summed E-state index contributed by atoms with van der Waals surface area (Å²) in [4.78, 5) is 15.8. The van der Waals surface area contributed by atoms with Crippen molar-refractivity contribution in [1.29, 1.82) is 0 Å². The second-order valence-corrected chi connectivity index (χ2v) is 4.27. The van der Waals surface area contributed by atoms with E-state index in [1.807, 2.05) is 0 Å². The molecule has 0 aliphatic rings. The quantitative estimate of drug-likeness (QED) is 0.925. The zero-order chi connectivity index (χ0) is 12.3. The summed E-state index contributed by atoms with van der Waals surface area (Å²) in [6, 6.07) is 6.56. The zero-order valence-corrected chi connectivity index (χ0v) is 10.7. The van der Waals surface area contributed by atoms with Crippen LogP contribution in [0.3, 0.4) is 0 Å². The van der Waals surface area contributed by atoms with Gasteiger partial charge in [0.15, 0.2) is 11.0 Å². The SMILES string of the molecule is O=C(Nc1ccc(Cl)nn1)c1ncccc1Br. The van der Waals surface area contributed by atoms with E-state index in [9.17, 15) is 4.79 Å². The fourth-order valence-electron chi connectivity index (χ4n) is 1.11. The van der Waals surface area contributed by atoms with Crippen molar-refractivity contribution in [2.24, 2.45) is 0 Å². The van der Waals surface area contributed by atoms with Gasteiger partial charge in [-0.05, 0) is 40.2 Å². The molecule has 0 bridgehead atoms. The molecule has 0 saturated heterocycles. The van der Waals surface area contributed by atoms with Gasteiger partial charge in [0.1, 0.15) is 5.69 Å². The molecule has 2 aromatic rings. The van der Waals surface area contributed by atoms with Crippen molar-refractivity contribution in [2.45, 2.75) is 0 Å². The van der Waals surface area contributed by atoms with Crippen molar-refractivity contribution >= 4 is 39.3 Å². The number of hydrogen-bond acceptors (Lipinski definition) is 4. The van der Waals surface area contributed by atoms with Gasteiger partial charge < -0.3 is 5.32 Å². The van der Waals surface area contributed by atoms with Crippen molar-refractivity contribution in [3.63, 3.8) is 0 Å². The van der Waals surface area contributed by atoms with Crippen LogP contribution in [0, 0.1) is 0 Å². The lowest BCUT2D eigenvalue weighted by atomic mass is 10.3. The summed E-state index contributed by atoms with van der Waals surface area (Å²) in [6.45, 7) is 0. The van der Waals surface area contributed by atoms with Gasteiger partial charge in [-0.3, -0.25) is 4.79 Å². The second-order valence-electron chi connectivity index (χ2n) is 3.03. The molecule has 0 fully saturated rings. The van der Waals surface area contributed by atoms with Gasteiger partial charge >= 0.3 is 0 Å². The first kappa shape index (κ1) is 11.9. The van der Waals surface area contributed by atoms with Crippen molar-refractivity contribution in [2.75, 3.05) is 5.32 Å². The Balaban J connectivity index is 2.17. The number of rotatable bonds is 2. The van der Waals surface area contributed by atoms with E-state index in [2.05, 4.69) is 36.4 Å². The average Bonchev–Trinajstić information content (AvgIpc) is 2.32. The molecule has 1 amide bonds. The van der Waals surface area contributed by atoms with Crippen LogP contribution in [0.1, 0.15) is 10.5 Å². The van der Waals surface area contributed by atoms with Gasteiger partial charge in [-0.15, -0.1) is 10.2 Å². The van der Waals surface area contributed by atoms with Gasteiger partial charge in [-0.1, -0.05) is 11.6 Å². The summed E-state index contributed by atoms with van der Waals surface area (Å²) < 4.78 is 0.611. The van der Waals surface area contributed by atoms with Crippen molar-refractivity contribution < 1.29 is 4.79 Å². The van der Waals surface area contributed by atoms with E-state index in [4.69, 9.17) is 11.6 Å². The number of nitrogens with one attached hydrogen (secondary N) is 1. The number of hydrogen-bond donors (Lipinski definition) is 1. The smallest absolute Gasteiger partial charge is 0.276 e. The zero-order valence-electron chi connectivity index (χ0n) is 8.39. The van der Waals surface area contributed by atoms with Gasteiger partial charge in [0, 0.05) is 10.7 Å². The molecule has 2 rings (SSSR count). The first-order valence-electron chi connectivity index (χ1n) is 4.58. The fourth-order valence-corrected chi connectivity index (χ4v) is 1.65. The Morgan fingerprint density at radius 2 is 2.12 bits per heavy atom. The molecule has 5 nitrogen and oxygen atoms in total. The number of carbonyl (C=O) groups is 1. The third kappa shape index (κ3) is 2.98. The third-order valence-electron chi connectivity index (χ3n) is 1.85. The Morgan fingerprint density at radius 1 is 1.29 bits per heavy atom. The van der Waals surface area contributed by atoms with Crippen molar-refractivity contribution in [3.05, 3.63) is 45.8 Å². The Hall–Kier alpha value is -1.53. The maximum atomic E-state index is 11.8. The number of halogens is 2. The Morgan fingerprint density at radius 3 is 2.76 bits per heavy atom. The summed E-state index contributed by atoms with van der Waals surface area (Å²) in [5.74, 6) is -0.0500. The predicted octanol–water partition coefficient (Wildman–Crippen LogP) is 2.54. The number of carbonyl (C=O) groups excluding carboxylic acids is 1. The molecule has 2 aromatic heterocycles. The van der Waals surface area contributed by atoms with E-state index in [0.29, 0.717) is 10.3 Å². The topological polar surface area (TPSA) is 67.8 Å². The molecule has 7 heteroatoms. The number of amides is 1. The van der Waals surface area contributed by atoms with Crippen LogP contribution in [-0.2, 0) is 0 Å². The first-order valence-corrected chi connectivity index (χ1v) is 5.75. The van der Waals surface area contributed by atoms with Crippen LogP contribution in [0.5, 0.6) is 0 Å². The van der Waals surface area contributed by atoms with Crippen molar-refractivity contribution in [3.8, 4) is 0 Å².